The maximum Gasteiger partial charge on any atom is 0.261 e. The van der Waals surface area contributed by atoms with E-state index in [-0.39, 0.29) is 16.8 Å². The summed E-state index contributed by atoms with van der Waals surface area (Å²) in [6, 6.07) is 29.0. The van der Waals surface area contributed by atoms with E-state index >= 15 is 0 Å². The number of sulfonamides is 1. The predicted molar refractivity (Wildman–Crippen MR) is 167 cm³/mol. The first-order chi connectivity index (χ1) is 20.3. The Morgan fingerprint density at radius 2 is 1.62 bits per heavy atom. The van der Waals surface area contributed by atoms with E-state index in [0.717, 1.165) is 16.8 Å². The third-order valence-corrected chi connectivity index (χ3v) is 10.9. The largest absolute Gasteiger partial charge is 0.378 e. The van der Waals surface area contributed by atoms with Gasteiger partial charge in [-0.25, -0.2) is 8.42 Å². The van der Waals surface area contributed by atoms with Crippen LogP contribution < -0.4 is 15.4 Å². The minimum Gasteiger partial charge on any atom is -0.378 e. The van der Waals surface area contributed by atoms with Crippen molar-refractivity contribution in [3.63, 3.8) is 0 Å². The van der Waals surface area contributed by atoms with Crippen molar-refractivity contribution in [1.82, 2.24) is 0 Å². The molecule has 4 aromatic rings. The highest BCUT2D eigenvalue weighted by molar-refractivity contribution is 7.92. The van der Waals surface area contributed by atoms with E-state index in [4.69, 9.17) is 0 Å². The molecule has 0 unspecified atom stereocenters. The molecule has 1 aliphatic heterocycles. The number of hydrogen-bond acceptors (Lipinski definition) is 4. The zero-order valence-electron chi connectivity index (χ0n) is 23.8. The van der Waals surface area contributed by atoms with Crippen LogP contribution in [0.5, 0.6) is 0 Å². The molecule has 0 radical (unpaired) electrons. The van der Waals surface area contributed by atoms with Gasteiger partial charge in [0.25, 0.3) is 15.9 Å². The number of rotatable bonds is 6. The third kappa shape index (κ3) is 4.75. The molecule has 1 amide bonds. The minimum atomic E-state index is -3.77. The van der Waals surface area contributed by atoms with E-state index in [1.165, 1.54) is 42.5 Å². The molecule has 3 N–H and O–H groups in total. The summed E-state index contributed by atoms with van der Waals surface area (Å²) >= 11 is 0. The second-order valence-corrected chi connectivity index (χ2v) is 13.9. The van der Waals surface area contributed by atoms with Crippen molar-refractivity contribution in [1.29, 1.82) is 0 Å². The lowest BCUT2D eigenvalue weighted by molar-refractivity contribution is 0.102. The Kier molecular flexibility index (Phi) is 6.58. The molecule has 2 fully saturated rings. The summed E-state index contributed by atoms with van der Waals surface area (Å²) in [7, 11) is -3.77. The minimum absolute atomic E-state index is 0.136. The Labute approximate surface area is 247 Å². The average molecular weight is 578 g/mol. The van der Waals surface area contributed by atoms with E-state index < -0.39 is 10.0 Å². The molecule has 42 heavy (non-hydrogen) atoms. The van der Waals surface area contributed by atoms with Gasteiger partial charge in [-0.05, 0) is 128 Å². The lowest BCUT2D eigenvalue weighted by Gasteiger charge is -2.43. The van der Waals surface area contributed by atoms with Crippen molar-refractivity contribution in [3.8, 4) is 0 Å². The second-order valence-electron chi connectivity index (χ2n) is 12.2. The fraction of sp³-hybridized carbons (Fsp3) is 0.286. The molecular weight excluding hydrogens is 542 g/mol. The molecule has 3 aliphatic rings. The predicted octanol–water partition coefficient (Wildman–Crippen LogP) is 7.65. The van der Waals surface area contributed by atoms with Crippen LogP contribution in [0.1, 0.15) is 63.8 Å². The first kappa shape index (κ1) is 26.8. The number of carbonyl (C=O) groups is 1. The molecule has 1 heterocycles. The van der Waals surface area contributed by atoms with E-state index in [1.807, 2.05) is 38.1 Å². The fourth-order valence-electron chi connectivity index (χ4n) is 7.59. The van der Waals surface area contributed by atoms with E-state index in [1.54, 1.807) is 12.1 Å². The summed E-state index contributed by atoms with van der Waals surface area (Å²) in [6.45, 7) is 3.79. The molecule has 6 nitrogen and oxygen atoms in total. The summed E-state index contributed by atoms with van der Waals surface area (Å²) in [5, 5.41) is 6.80. The average Bonchev–Trinajstić information content (AvgIpc) is 3.62. The van der Waals surface area contributed by atoms with E-state index in [9.17, 15) is 13.2 Å². The summed E-state index contributed by atoms with van der Waals surface area (Å²) in [5.74, 6) is 2.15. The molecule has 214 valence electrons. The van der Waals surface area contributed by atoms with Gasteiger partial charge in [-0.2, -0.15) is 0 Å². The van der Waals surface area contributed by atoms with Crippen LogP contribution in [0.2, 0.25) is 0 Å². The van der Waals surface area contributed by atoms with Gasteiger partial charge in [0, 0.05) is 16.9 Å². The van der Waals surface area contributed by atoms with Gasteiger partial charge in [0.15, 0.2) is 0 Å². The first-order valence-corrected chi connectivity index (χ1v) is 16.2. The number of hydrogen-bond donors (Lipinski definition) is 3. The van der Waals surface area contributed by atoms with Crippen molar-refractivity contribution in [2.45, 2.75) is 50.0 Å². The Bertz CT molecular complexity index is 1770. The van der Waals surface area contributed by atoms with E-state index in [0.29, 0.717) is 40.6 Å². The van der Waals surface area contributed by atoms with Gasteiger partial charge in [0.05, 0.1) is 16.6 Å². The van der Waals surface area contributed by atoms with Crippen LogP contribution in [-0.2, 0) is 10.0 Å². The maximum absolute atomic E-state index is 13.4. The zero-order valence-corrected chi connectivity index (χ0v) is 24.6. The van der Waals surface area contributed by atoms with Gasteiger partial charge >= 0.3 is 0 Å². The summed E-state index contributed by atoms with van der Waals surface area (Å²) in [4.78, 5) is 13.5. The van der Waals surface area contributed by atoms with Crippen LogP contribution in [0.3, 0.4) is 0 Å². The molecule has 0 saturated heterocycles. The van der Waals surface area contributed by atoms with Gasteiger partial charge in [-0.1, -0.05) is 42.5 Å². The van der Waals surface area contributed by atoms with Crippen molar-refractivity contribution >= 4 is 33.0 Å². The molecule has 5 atom stereocenters. The molecule has 7 heteroatoms. The number of anilines is 3. The Morgan fingerprint density at radius 3 is 2.40 bits per heavy atom. The van der Waals surface area contributed by atoms with Crippen LogP contribution in [0.4, 0.5) is 17.1 Å². The van der Waals surface area contributed by atoms with Crippen molar-refractivity contribution in [3.05, 3.63) is 119 Å². The number of carbonyl (C=O) groups excluding carboxylic acids is 1. The number of benzene rings is 4. The lowest BCUT2D eigenvalue weighted by Crippen LogP contribution is -2.35. The van der Waals surface area contributed by atoms with Crippen LogP contribution >= 0.6 is 0 Å². The van der Waals surface area contributed by atoms with Gasteiger partial charge in [-0.15, -0.1) is 0 Å². The quantitative estimate of drug-likeness (QED) is 0.220. The summed E-state index contributed by atoms with van der Waals surface area (Å²) in [6.07, 6.45) is 3.82. The SMILES string of the molecule is Cc1ccc(C)c(NS(=O)(=O)c2ccc(NC(=O)c3ccc4c(c3)[C@@H]3[C@H]5CC[C@@H](C5)[C@@H]3[C@@H](c3ccccc3)N4)cc2)c1. The molecule has 4 aromatic carbocycles. The zero-order chi connectivity index (χ0) is 29.0. The summed E-state index contributed by atoms with van der Waals surface area (Å²) < 4.78 is 28.7. The molecular formula is C35H35N3O3S. The standard InChI is InChI=1S/C35H35N3O3S/c1-21-8-9-22(2)31(18-21)38-42(40,41)28-15-13-27(14-16-28)36-35(39)26-12-17-30-29(20-26)32-24-10-11-25(19-24)33(32)34(37-30)23-6-4-3-5-7-23/h3-9,12-18,20,24-25,32-34,37-38H,10-11,19H2,1-2H3,(H,36,39)/t24-,25-,32-,33-,34+/m0/s1. The van der Waals surface area contributed by atoms with E-state index in [2.05, 4.69) is 57.8 Å². The van der Waals surface area contributed by atoms with Crippen LogP contribution in [0.25, 0.3) is 0 Å². The number of fused-ring (bicyclic) bond motifs is 7. The van der Waals surface area contributed by atoms with Gasteiger partial charge < -0.3 is 10.6 Å². The maximum atomic E-state index is 13.4. The molecule has 2 saturated carbocycles. The van der Waals surface area contributed by atoms with Gasteiger partial charge in [0.2, 0.25) is 0 Å². The Hall–Kier alpha value is -4.10. The number of amides is 1. The monoisotopic (exact) mass is 577 g/mol. The Morgan fingerprint density at radius 1 is 0.857 bits per heavy atom. The molecule has 0 aromatic heterocycles. The van der Waals surface area contributed by atoms with Gasteiger partial charge in [-0.3, -0.25) is 9.52 Å². The highest BCUT2D eigenvalue weighted by Gasteiger charge is 2.53. The smallest absolute Gasteiger partial charge is 0.261 e. The molecule has 0 spiro atoms. The summed E-state index contributed by atoms with van der Waals surface area (Å²) in [5.41, 5.74) is 7.25. The number of aryl methyl sites for hydroxylation is 2. The molecule has 2 aliphatic carbocycles. The van der Waals surface area contributed by atoms with Crippen molar-refractivity contribution < 1.29 is 13.2 Å². The van der Waals surface area contributed by atoms with Crippen molar-refractivity contribution in [2.24, 2.45) is 17.8 Å². The van der Waals surface area contributed by atoms with Crippen molar-refractivity contribution in [2.75, 3.05) is 15.4 Å². The Balaban J connectivity index is 1.10. The lowest BCUT2D eigenvalue weighted by atomic mass is 9.68. The van der Waals surface area contributed by atoms with Crippen LogP contribution in [-0.4, -0.2) is 14.3 Å². The fourth-order valence-corrected chi connectivity index (χ4v) is 8.71. The van der Waals surface area contributed by atoms with Gasteiger partial charge in [0.1, 0.15) is 0 Å². The highest BCUT2D eigenvalue weighted by Crippen LogP contribution is 2.63. The highest BCUT2D eigenvalue weighted by atomic mass is 32.2. The second kappa shape index (κ2) is 10.3. The first-order valence-electron chi connectivity index (χ1n) is 14.7. The van der Waals surface area contributed by atoms with Crippen LogP contribution in [0.15, 0.2) is 95.9 Å². The topological polar surface area (TPSA) is 87.3 Å². The molecule has 7 rings (SSSR count). The normalized spacial score (nSPS) is 23.9. The molecule has 2 bridgehead atoms. The van der Waals surface area contributed by atoms with Crippen LogP contribution in [0, 0.1) is 31.6 Å². The third-order valence-electron chi connectivity index (χ3n) is 9.57. The number of nitrogens with one attached hydrogen (secondary N) is 3.